The highest BCUT2D eigenvalue weighted by atomic mass is 19.1. The third-order valence-electron chi connectivity index (χ3n) is 5.44. The van der Waals surface area contributed by atoms with Crippen molar-refractivity contribution in [1.29, 1.82) is 0 Å². The van der Waals surface area contributed by atoms with Crippen molar-refractivity contribution in [3.8, 4) is 11.5 Å². The molecule has 0 spiro atoms. The molecule has 1 amide bonds. The largest absolute Gasteiger partial charge is 0.508 e. The van der Waals surface area contributed by atoms with Crippen LogP contribution in [-0.2, 0) is 10.2 Å². The van der Waals surface area contributed by atoms with Gasteiger partial charge in [-0.1, -0.05) is 19.9 Å². The smallest absolute Gasteiger partial charge is 0.260 e. The van der Waals surface area contributed by atoms with Gasteiger partial charge in [0.1, 0.15) is 23.1 Å². The molecule has 2 aromatic rings. The summed E-state index contributed by atoms with van der Waals surface area (Å²) in [5.74, 6) is -0.971. The summed E-state index contributed by atoms with van der Waals surface area (Å²) in [5, 5.41) is 12.1. The monoisotopic (exact) mass is 375 g/mol. The summed E-state index contributed by atoms with van der Waals surface area (Å²) in [6.45, 7) is 5.85. The topological polar surface area (TPSA) is 58.6 Å². The zero-order valence-electron chi connectivity index (χ0n) is 15.6. The summed E-state index contributed by atoms with van der Waals surface area (Å²) in [5.41, 5.74) is -0.361. The van der Waals surface area contributed by atoms with Crippen LogP contribution in [0, 0.1) is 17.0 Å². The molecule has 2 aromatic carbocycles. The van der Waals surface area contributed by atoms with Crippen LogP contribution in [0.1, 0.15) is 32.8 Å². The number of phenols is 1. The maximum atomic E-state index is 14.3. The van der Waals surface area contributed by atoms with E-state index in [9.17, 15) is 18.7 Å². The van der Waals surface area contributed by atoms with Crippen LogP contribution >= 0.6 is 0 Å². The second kappa shape index (κ2) is 6.83. The molecule has 0 heterocycles. The van der Waals surface area contributed by atoms with Gasteiger partial charge < -0.3 is 15.2 Å². The molecule has 0 radical (unpaired) electrons. The molecule has 27 heavy (non-hydrogen) atoms. The number of nitrogens with one attached hydrogen (secondary N) is 1. The van der Waals surface area contributed by atoms with Gasteiger partial charge in [-0.3, -0.25) is 4.79 Å². The molecule has 6 heteroatoms. The molecule has 2 N–H and O–H groups in total. The van der Waals surface area contributed by atoms with Gasteiger partial charge in [0.25, 0.3) is 5.91 Å². The lowest BCUT2D eigenvalue weighted by atomic mass is 9.87. The number of phenolic OH excluding ortho intramolecular Hbond substituents is 1. The van der Waals surface area contributed by atoms with E-state index in [0.29, 0.717) is 17.7 Å². The Morgan fingerprint density at radius 3 is 2.41 bits per heavy atom. The van der Waals surface area contributed by atoms with Crippen LogP contribution < -0.4 is 10.1 Å². The molecule has 1 aliphatic carbocycles. The van der Waals surface area contributed by atoms with Gasteiger partial charge in [0.05, 0.1) is 0 Å². The van der Waals surface area contributed by atoms with Crippen molar-refractivity contribution in [2.45, 2.75) is 38.7 Å². The molecule has 2 unspecified atom stereocenters. The fourth-order valence-electron chi connectivity index (χ4n) is 3.61. The van der Waals surface area contributed by atoms with Crippen molar-refractivity contribution < 1.29 is 23.4 Å². The maximum Gasteiger partial charge on any atom is 0.260 e. The molecule has 0 bridgehead atoms. The SMILES string of the molecule is CC(Oc1ccc(O)cc1)C(=O)NCC1(c2ccc(F)cc2F)CC1(C)C. The van der Waals surface area contributed by atoms with Crippen LogP contribution in [0.25, 0.3) is 0 Å². The minimum absolute atomic E-state index is 0.110. The highest BCUT2D eigenvalue weighted by molar-refractivity contribution is 5.81. The van der Waals surface area contributed by atoms with Gasteiger partial charge in [-0.15, -0.1) is 0 Å². The lowest BCUT2D eigenvalue weighted by Crippen LogP contribution is -2.41. The van der Waals surface area contributed by atoms with Crippen molar-refractivity contribution in [2.24, 2.45) is 5.41 Å². The number of ether oxygens (including phenoxy) is 1. The first-order valence-corrected chi connectivity index (χ1v) is 8.84. The first kappa shape index (κ1) is 19.1. The van der Waals surface area contributed by atoms with E-state index in [1.54, 1.807) is 19.1 Å². The average molecular weight is 375 g/mol. The minimum Gasteiger partial charge on any atom is -0.508 e. The lowest BCUT2D eigenvalue weighted by molar-refractivity contribution is -0.127. The number of benzene rings is 2. The summed E-state index contributed by atoms with van der Waals surface area (Å²) in [7, 11) is 0. The van der Waals surface area contributed by atoms with Crippen LogP contribution in [0.3, 0.4) is 0 Å². The Hall–Kier alpha value is -2.63. The number of hydrogen-bond donors (Lipinski definition) is 2. The molecule has 0 aliphatic heterocycles. The van der Waals surface area contributed by atoms with Crippen molar-refractivity contribution in [3.05, 3.63) is 59.7 Å². The molecular formula is C21H23F2NO3. The van der Waals surface area contributed by atoms with Crippen LogP contribution in [0.4, 0.5) is 8.78 Å². The average Bonchev–Trinajstić information content (AvgIpc) is 3.16. The van der Waals surface area contributed by atoms with E-state index >= 15 is 0 Å². The van der Waals surface area contributed by atoms with E-state index in [0.717, 1.165) is 6.07 Å². The van der Waals surface area contributed by atoms with Crippen molar-refractivity contribution >= 4 is 5.91 Å². The van der Waals surface area contributed by atoms with Gasteiger partial charge in [-0.05, 0) is 54.7 Å². The molecular weight excluding hydrogens is 352 g/mol. The zero-order valence-corrected chi connectivity index (χ0v) is 15.6. The molecule has 0 aromatic heterocycles. The third kappa shape index (κ3) is 3.75. The predicted octanol–water partition coefficient (Wildman–Crippen LogP) is 3.92. The number of carbonyl (C=O) groups is 1. The molecule has 4 nitrogen and oxygen atoms in total. The van der Waals surface area contributed by atoms with Crippen LogP contribution in [0.5, 0.6) is 11.5 Å². The van der Waals surface area contributed by atoms with E-state index in [2.05, 4.69) is 5.32 Å². The highest BCUT2D eigenvalue weighted by Crippen LogP contribution is 2.64. The summed E-state index contributed by atoms with van der Waals surface area (Å²) in [4.78, 5) is 12.4. The van der Waals surface area contributed by atoms with Gasteiger partial charge in [0.15, 0.2) is 6.10 Å². The number of rotatable bonds is 6. The van der Waals surface area contributed by atoms with Crippen molar-refractivity contribution in [2.75, 3.05) is 6.54 Å². The summed E-state index contributed by atoms with van der Waals surface area (Å²) in [6, 6.07) is 9.66. The molecule has 2 atom stereocenters. The Morgan fingerprint density at radius 2 is 1.85 bits per heavy atom. The highest BCUT2D eigenvalue weighted by Gasteiger charge is 2.62. The van der Waals surface area contributed by atoms with E-state index in [1.807, 2.05) is 13.8 Å². The van der Waals surface area contributed by atoms with Gasteiger partial charge in [-0.25, -0.2) is 8.78 Å². The third-order valence-corrected chi connectivity index (χ3v) is 5.44. The van der Waals surface area contributed by atoms with E-state index < -0.39 is 23.2 Å². The molecule has 3 rings (SSSR count). The summed E-state index contributed by atoms with van der Waals surface area (Å²) >= 11 is 0. The second-order valence-electron chi connectivity index (χ2n) is 7.74. The quantitative estimate of drug-likeness (QED) is 0.805. The fourth-order valence-corrected chi connectivity index (χ4v) is 3.61. The number of amides is 1. The number of hydrogen-bond acceptors (Lipinski definition) is 3. The summed E-state index contributed by atoms with van der Waals surface area (Å²) < 4.78 is 33.2. The number of halogens is 2. The van der Waals surface area contributed by atoms with E-state index in [1.165, 1.54) is 24.3 Å². The molecule has 144 valence electrons. The maximum absolute atomic E-state index is 14.3. The first-order chi connectivity index (χ1) is 12.6. The lowest BCUT2D eigenvalue weighted by Gasteiger charge is -2.24. The Labute approximate surface area is 157 Å². The van der Waals surface area contributed by atoms with Gasteiger partial charge in [0.2, 0.25) is 0 Å². The van der Waals surface area contributed by atoms with Crippen LogP contribution in [-0.4, -0.2) is 23.7 Å². The van der Waals surface area contributed by atoms with Crippen LogP contribution in [0.15, 0.2) is 42.5 Å². The van der Waals surface area contributed by atoms with Gasteiger partial charge in [-0.2, -0.15) is 0 Å². The molecule has 1 fully saturated rings. The zero-order chi connectivity index (χ0) is 19.8. The normalized spacial score (nSPS) is 21.4. The fraction of sp³-hybridized carbons (Fsp3) is 0.381. The van der Waals surface area contributed by atoms with Crippen LogP contribution in [0.2, 0.25) is 0 Å². The molecule has 1 aliphatic rings. The number of aromatic hydroxyl groups is 1. The van der Waals surface area contributed by atoms with E-state index in [-0.39, 0.29) is 23.6 Å². The van der Waals surface area contributed by atoms with E-state index in [4.69, 9.17) is 4.74 Å². The standard InChI is InChI=1S/C21H23F2NO3/c1-13(27-16-7-5-15(25)6-8-16)19(26)24-12-21(11-20(21,2)3)17-9-4-14(22)10-18(17)23/h4-10,13,25H,11-12H2,1-3H3,(H,24,26). The van der Waals surface area contributed by atoms with Crippen molar-refractivity contribution in [3.63, 3.8) is 0 Å². The Bertz CT molecular complexity index is 851. The second-order valence-corrected chi connectivity index (χ2v) is 7.74. The summed E-state index contributed by atoms with van der Waals surface area (Å²) in [6.07, 6.45) is -0.0673. The molecule has 0 saturated heterocycles. The molecule has 1 saturated carbocycles. The Balaban J connectivity index is 1.68. The van der Waals surface area contributed by atoms with Gasteiger partial charge >= 0.3 is 0 Å². The minimum atomic E-state index is -0.758. The Morgan fingerprint density at radius 1 is 1.22 bits per heavy atom. The van der Waals surface area contributed by atoms with Crippen molar-refractivity contribution in [1.82, 2.24) is 5.32 Å². The first-order valence-electron chi connectivity index (χ1n) is 8.84. The van der Waals surface area contributed by atoms with Gasteiger partial charge in [0, 0.05) is 18.0 Å². The Kier molecular flexibility index (Phi) is 4.84. The predicted molar refractivity (Wildman–Crippen MR) is 97.6 cm³/mol. The number of carbonyl (C=O) groups excluding carboxylic acids is 1.